The number of carbonyl (C=O) groups is 1. The van der Waals surface area contributed by atoms with Crippen LogP contribution in [0.1, 0.15) is 46.7 Å². The number of aryl methyl sites for hydroxylation is 1. The largest absolute Gasteiger partial charge is 0.465 e. The number of carbonyl (C=O) groups excluding carboxylic acids is 1. The fourth-order valence-electron chi connectivity index (χ4n) is 2.67. The van der Waals surface area contributed by atoms with Crippen LogP contribution >= 0.6 is 0 Å². The van der Waals surface area contributed by atoms with Crippen molar-refractivity contribution in [3.05, 3.63) is 35.0 Å². The molecule has 0 bridgehead atoms. The molecule has 3 rings (SSSR count). The minimum Gasteiger partial charge on any atom is -0.465 e. The molecule has 1 fully saturated rings. The Morgan fingerprint density at radius 3 is 2.75 bits per heavy atom. The molecule has 0 saturated heterocycles. The number of esters is 1. The first-order valence-corrected chi connectivity index (χ1v) is 6.79. The Morgan fingerprint density at radius 1 is 1.40 bits per heavy atom. The number of nitrogens with one attached hydrogen (secondary N) is 1. The van der Waals surface area contributed by atoms with Crippen LogP contribution in [0.15, 0.2) is 18.3 Å². The monoisotopic (exact) mass is 271 g/mol. The fourth-order valence-corrected chi connectivity index (χ4v) is 2.67. The number of aromatic amines is 1. The van der Waals surface area contributed by atoms with Gasteiger partial charge in [-0.25, -0.2) is 4.79 Å². The SMILES string of the molecule is COC(=O)c1cc(-c2cn[nH]n2)c(C2CCC2)cc1C. The molecule has 0 radical (unpaired) electrons. The van der Waals surface area contributed by atoms with Gasteiger partial charge >= 0.3 is 5.97 Å². The summed E-state index contributed by atoms with van der Waals surface area (Å²) in [5.41, 5.74) is 4.56. The zero-order chi connectivity index (χ0) is 14.1. The van der Waals surface area contributed by atoms with E-state index in [9.17, 15) is 4.79 Å². The first-order valence-electron chi connectivity index (χ1n) is 6.79. The van der Waals surface area contributed by atoms with Crippen LogP contribution in [0.2, 0.25) is 0 Å². The number of ether oxygens (including phenoxy) is 1. The van der Waals surface area contributed by atoms with Crippen molar-refractivity contribution < 1.29 is 9.53 Å². The minimum absolute atomic E-state index is 0.313. The van der Waals surface area contributed by atoms with E-state index in [1.807, 2.05) is 13.0 Å². The summed E-state index contributed by atoms with van der Waals surface area (Å²) >= 11 is 0. The Bertz CT molecular complexity index is 631. The van der Waals surface area contributed by atoms with Gasteiger partial charge in [0.05, 0.1) is 18.9 Å². The molecule has 1 N–H and O–H groups in total. The summed E-state index contributed by atoms with van der Waals surface area (Å²) in [7, 11) is 1.40. The van der Waals surface area contributed by atoms with Crippen molar-refractivity contribution in [2.45, 2.75) is 32.1 Å². The van der Waals surface area contributed by atoms with Crippen molar-refractivity contribution >= 4 is 5.97 Å². The predicted molar refractivity (Wildman–Crippen MR) is 74.5 cm³/mol. The van der Waals surface area contributed by atoms with E-state index in [2.05, 4.69) is 21.5 Å². The van der Waals surface area contributed by atoms with E-state index in [0.29, 0.717) is 11.5 Å². The van der Waals surface area contributed by atoms with Gasteiger partial charge in [-0.15, -0.1) is 0 Å². The van der Waals surface area contributed by atoms with Crippen LogP contribution in [0, 0.1) is 6.92 Å². The number of rotatable bonds is 3. The van der Waals surface area contributed by atoms with Crippen molar-refractivity contribution in [3.8, 4) is 11.3 Å². The summed E-state index contributed by atoms with van der Waals surface area (Å²) in [6.07, 6.45) is 5.35. The summed E-state index contributed by atoms with van der Waals surface area (Å²) in [6, 6.07) is 3.98. The number of hydrogen-bond acceptors (Lipinski definition) is 4. The van der Waals surface area contributed by atoms with Crippen molar-refractivity contribution in [2.24, 2.45) is 0 Å². The molecule has 0 atom stereocenters. The van der Waals surface area contributed by atoms with Gasteiger partial charge in [-0.05, 0) is 42.9 Å². The summed E-state index contributed by atoms with van der Waals surface area (Å²) in [6.45, 7) is 1.95. The summed E-state index contributed by atoms with van der Waals surface area (Å²) < 4.78 is 4.85. The molecule has 1 aliphatic rings. The van der Waals surface area contributed by atoms with E-state index < -0.39 is 0 Å². The molecule has 0 amide bonds. The number of benzene rings is 1. The molecule has 5 heteroatoms. The first kappa shape index (κ1) is 12.8. The second-order valence-electron chi connectivity index (χ2n) is 5.23. The molecule has 104 valence electrons. The second-order valence-corrected chi connectivity index (χ2v) is 5.23. The number of methoxy groups -OCH3 is 1. The van der Waals surface area contributed by atoms with E-state index in [4.69, 9.17) is 4.74 Å². The van der Waals surface area contributed by atoms with E-state index in [0.717, 1.165) is 16.8 Å². The third kappa shape index (κ3) is 2.09. The zero-order valence-corrected chi connectivity index (χ0v) is 11.6. The van der Waals surface area contributed by atoms with Crippen molar-refractivity contribution in [3.63, 3.8) is 0 Å². The highest BCUT2D eigenvalue weighted by atomic mass is 16.5. The zero-order valence-electron chi connectivity index (χ0n) is 11.6. The van der Waals surface area contributed by atoms with Gasteiger partial charge in [0, 0.05) is 5.56 Å². The number of H-pyrrole nitrogens is 1. The number of nitrogens with zero attached hydrogens (tertiary/aromatic N) is 2. The highest BCUT2D eigenvalue weighted by molar-refractivity contribution is 5.93. The van der Waals surface area contributed by atoms with Gasteiger partial charge in [0.25, 0.3) is 0 Å². The van der Waals surface area contributed by atoms with Crippen LogP contribution in [0.5, 0.6) is 0 Å². The molecule has 1 aromatic heterocycles. The topological polar surface area (TPSA) is 67.9 Å². The highest BCUT2D eigenvalue weighted by Gasteiger charge is 2.25. The standard InChI is InChI=1S/C15H17N3O2/c1-9-6-12(10-4-3-5-10)13(14-8-16-18-17-14)7-11(9)15(19)20-2/h6-8,10H,3-5H2,1-2H3,(H,16,17,18). The van der Waals surface area contributed by atoms with Gasteiger partial charge < -0.3 is 4.74 Å². The van der Waals surface area contributed by atoms with Gasteiger partial charge in [-0.2, -0.15) is 15.4 Å². The quantitative estimate of drug-likeness (QED) is 0.872. The maximum Gasteiger partial charge on any atom is 0.338 e. The summed E-state index contributed by atoms with van der Waals surface area (Å²) in [5.74, 6) is 0.250. The lowest BCUT2D eigenvalue weighted by Crippen LogP contribution is -2.12. The third-order valence-corrected chi connectivity index (χ3v) is 4.04. The normalized spacial score (nSPS) is 14.9. The maximum atomic E-state index is 11.9. The molecule has 0 unspecified atom stereocenters. The molecule has 20 heavy (non-hydrogen) atoms. The van der Waals surface area contributed by atoms with Gasteiger partial charge in [0.1, 0.15) is 5.69 Å². The highest BCUT2D eigenvalue weighted by Crippen LogP contribution is 2.41. The maximum absolute atomic E-state index is 11.9. The van der Waals surface area contributed by atoms with Gasteiger partial charge in [0.2, 0.25) is 0 Å². The summed E-state index contributed by atoms with van der Waals surface area (Å²) in [4.78, 5) is 11.9. The van der Waals surface area contributed by atoms with Crippen LogP contribution in [0.4, 0.5) is 0 Å². The third-order valence-electron chi connectivity index (χ3n) is 4.04. The smallest absolute Gasteiger partial charge is 0.338 e. The minimum atomic E-state index is -0.313. The van der Waals surface area contributed by atoms with E-state index in [1.165, 1.54) is 31.9 Å². The number of hydrogen-bond donors (Lipinski definition) is 1. The van der Waals surface area contributed by atoms with E-state index >= 15 is 0 Å². The molecule has 5 nitrogen and oxygen atoms in total. The Balaban J connectivity index is 2.14. The van der Waals surface area contributed by atoms with Gasteiger partial charge in [-0.1, -0.05) is 12.5 Å². The Morgan fingerprint density at radius 2 is 2.20 bits per heavy atom. The van der Waals surface area contributed by atoms with E-state index in [-0.39, 0.29) is 5.97 Å². The summed E-state index contributed by atoms with van der Waals surface area (Å²) in [5, 5.41) is 10.7. The molecule has 1 heterocycles. The van der Waals surface area contributed by atoms with Crippen LogP contribution in [0.25, 0.3) is 11.3 Å². The van der Waals surface area contributed by atoms with Crippen molar-refractivity contribution in [1.29, 1.82) is 0 Å². The molecule has 1 aromatic carbocycles. The molecule has 0 aliphatic heterocycles. The molecule has 1 saturated carbocycles. The molecule has 0 spiro atoms. The average molecular weight is 271 g/mol. The lowest BCUT2D eigenvalue weighted by molar-refractivity contribution is 0.0600. The Kier molecular flexibility index (Phi) is 3.26. The second kappa shape index (κ2) is 5.07. The number of aromatic nitrogens is 3. The molecular formula is C15H17N3O2. The lowest BCUT2D eigenvalue weighted by atomic mass is 9.76. The molecular weight excluding hydrogens is 254 g/mol. The van der Waals surface area contributed by atoms with Crippen LogP contribution in [-0.4, -0.2) is 28.5 Å². The van der Waals surface area contributed by atoms with E-state index in [1.54, 1.807) is 6.20 Å². The average Bonchev–Trinajstić information content (AvgIpc) is 2.90. The first-order chi connectivity index (χ1) is 9.70. The Labute approximate surface area is 117 Å². The van der Waals surface area contributed by atoms with Gasteiger partial charge in [0.15, 0.2) is 0 Å². The Hall–Kier alpha value is -2.17. The van der Waals surface area contributed by atoms with Crippen LogP contribution < -0.4 is 0 Å². The van der Waals surface area contributed by atoms with Gasteiger partial charge in [-0.3, -0.25) is 0 Å². The lowest BCUT2D eigenvalue weighted by Gasteiger charge is -2.28. The fraction of sp³-hybridized carbons (Fsp3) is 0.400. The van der Waals surface area contributed by atoms with Crippen molar-refractivity contribution in [1.82, 2.24) is 15.4 Å². The van der Waals surface area contributed by atoms with Crippen molar-refractivity contribution in [2.75, 3.05) is 7.11 Å². The predicted octanol–water partition coefficient (Wildman–Crippen LogP) is 2.83. The van der Waals surface area contributed by atoms with Crippen LogP contribution in [-0.2, 0) is 4.74 Å². The molecule has 1 aliphatic carbocycles. The molecule has 2 aromatic rings. The van der Waals surface area contributed by atoms with Crippen LogP contribution in [0.3, 0.4) is 0 Å².